The van der Waals surface area contributed by atoms with Crippen molar-refractivity contribution in [2.24, 2.45) is 5.73 Å². The number of hydrogen-bond acceptors (Lipinski definition) is 11. The van der Waals surface area contributed by atoms with Gasteiger partial charge in [0.25, 0.3) is 5.69 Å². The van der Waals surface area contributed by atoms with E-state index in [0.29, 0.717) is 47.2 Å². The molecule has 206 valence electrons. The zero-order valence-corrected chi connectivity index (χ0v) is 21.8. The normalized spacial score (nSPS) is 14.8. The lowest BCUT2D eigenvalue weighted by molar-refractivity contribution is -0.384. The fourth-order valence-corrected chi connectivity index (χ4v) is 4.13. The number of rotatable bonds is 11. The smallest absolute Gasteiger partial charge is 0.336 e. The molecule has 1 aromatic carbocycles. The van der Waals surface area contributed by atoms with E-state index in [2.05, 4.69) is 5.32 Å². The Labute approximate surface area is 222 Å². The van der Waals surface area contributed by atoms with Crippen LogP contribution in [-0.2, 0) is 28.7 Å². The van der Waals surface area contributed by atoms with Gasteiger partial charge in [0.1, 0.15) is 0 Å². The number of aliphatic carboxylic acids is 2. The van der Waals surface area contributed by atoms with Crippen LogP contribution >= 0.6 is 11.8 Å². The van der Waals surface area contributed by atoms with Gasteiger partial charge in [0.2, 0.25) is 0 Å². The van der Waals surface area contributed by atoms with Crippen molar-refractivity contribution in [3.05, 3.63) is 74.6 Å². The third kappa shape index (κ3) is 9.37. The second kappa shape index (κ2) is 15.8. The third-order valence-corrected chi connectivity index (χ3v) is 5.85. The lowest BCUT2D eigenvalue weighted by Gasteiger charge is -2.31. The highest BCUT2D eigenvalue weighted by molar-refractivity contribution is 7.99. The first-order valence-electron chi connectivity index (χ1n) is 11.1. The number of carboxylic acid groups (broad SMARTS) is 2. The first kappa shape index (κ1) is 31.9. The number of nitro benzene ring substituents is 1. The molecule has 0 radical (unpaired) electrons. The van der Waals surface area contributed by atoms with Gasteiger partial charge in [-0.05, 0) is 19.4 Å². The maximum Gasteiger partial charge on any atom is 0.336 e. The molecule has 0 saturated heterocycles. The van der Waals surface area contributed by atoms with Crippen molar-refractivity contribution in [3.8, 4) is 0 Å². The van der Waals surface area contributed by atoms with Crippen LogP contribution in [0.3, 0.4) is 0 Å². The summed E-state index contributed by atoms with van der Waals surface area (Å²) in [4.78, 5) is 55.5. The number of nitrogens with zero attached hydrogens (tertiary/aromatic N) is 1. The summed E-state index contributed by atoms with van der Waals surface area (Å²) in [6.07, 6.45) is 1.12. The van der Waals surface area contributed by atoms with E-state index in [-0.39, 0.29) is 23.4 Å². The van der Waals surface area contributed by atoms with E-state index in [0.717, 1.165) is 0 Å². The van der Waals surface area contributed by atoms with Crippen LogP contribution in [0.1, 0.15) is 25.3 Å². The number of hydrogen-bond donors (Lipinski definition) is 4. The summed E-state index contributed by atoms with van der Waals surface area (Å²) in [5.74, 6) is -3.51. The molecule has 0 aromatic heterocycles. The third-order valence-electron chi connectivity index (χ3n) is 4.84. The Kier molecular flexibility index (Phi) is 13.3. The number of nitrogens with one attached hydrogen (secondary N) is 1. The molecule has 14 heteroatoms. The minimum absolute atomic E-state index is 0.142. The predicted molar refractivity (Wildman–Crippen MR) is 138 cm³/mol. The number of ether oxygens (including phenoxy) is 2. The number of nitro groups is 1. The summed E-state index contributed by atoms with van der Waals surface area (Å²) < 4.78 is 10.2. The molecule has 0 spiro atoms. The van der Waals surface area contributed by atoms with E-state index in [9.17, 15) is 29.3 Å². The molecule has 0 bridgehead atoms. The molecule has 0 saturated carbocycles. The first-order valence-corrected chi connectivity index (χ1v) is 12.3. The van der Waals surface area contributed by atoms with Crippen molar-refractivity contribution >= 4 is 41.3 Å². The Balaban J connectivity index is 0.000000781. The van der Waals surface area contributed by atoms with Crippen LogP contribution in [0.2, 0.25) is 0 Å². The largest absolute Gasteiger partial charge is 0.478 e. The highest BCUT2D eigenvalue weighted by Crippen LogP contribution is 2.40. The number of benzene rings is 1. The van der Waals surface area contributed by atoms with Gasteiger partial charge in [-0.1, -0.05) is 12.1 Å². The summed E-state index contributed by atoms with van der Waals surface area (Å²) in [5.41, 5.74) is 7.37. The minimum atomic E-state index is -1.26. The molecular weight excluding hydrogens is 522 g/mol. The van der Waals surface area contributed by atoms with Crippen LogP contribution in [0.15, 0.2) is 59.0 Å². The molecule has 0 amide bonds. The van der Waals surface area contributed by atoms with Crippen molar-refractivity contribution in [1.29, 1.82) is 0 Å². The van der Waals surface area contributed by atoms with Crippen molar-refractivity contribution in [2.75, 3.05) is 31.8 Å². The molecule has 2 rings (SSSR count). The summed E-state index contributed by atoms with van der Waals surface area (Å²) in [6, 6.07) is 5.87. The summed E-state index contributed by atoms with van der Waals surface area (Å²) >= 11 is 1.52. The van der Waals surface area contributed by atoms with Crippen molar-refractivity contribution in [1.82, 2.24) is 5.32 Å². The maximum absolute atomic E-state index is 12.9. The van der Waals surface area contributed by atoms with Crippen LogP contribution in [0.5, 0.6) is 0 Å². The minimum Gasteiger partial charge on any atom is -0.478 e. The Morgan fingerprint density at radius 2 is 1.79 bits per heavy atom. The lowest BCUT2D eigenvalue weighted by Crippen LogP contribution is -2.34. The van der Waals surface area contributed by atoms with Crippen LogP contribution in [0.4, 0.5) is 5.69 Å². The molecular formula is C24H29N3O10S. The standard InChI is InChI=1S/C20H25N3O6S.C4H4O4/c1-4-29-20(25)18-15(11-30-9-8-21)22-12(2)16(19(24)28-3)17(18)13-6-5-7-14(10-13)23(26)27;5-3(6)1-2-4(7)8/h5-7,10,17,22H,4,8-9,11,21H2,1-3H3;1-2H,(H,5,6)(H,7,8). The van der Waals surface area contributed by atoms with Gasteiger partial charge in [0, 0.05) is 53.7 Å². The molecule has 1 atom stereocenters. The zero-order chi connectivity index (χ0) is 28.8. The predicted octanol–water partition coefficient (Wildman–Crippen LogP) is 1.95. The summed E-state index contributed by atoms with van der Waals surface area (Å²) in [5, 5.41) is 30.1. The van der Waals surface area contributed by atoms with Gasteiger partial charge in [-0.3, -0.25) is 10.1 Å². The first-order chi connectivity index (χ1) is 18.0. The van der Waals surface area contributed by atoms with Crippen molar-refractivity contribution < 1.29 is 43.8 Å². The van der Waals surface area contributed by atoms with Crippen molar-refractivity contribution in [3.63, 3.8) is 0 Å². The molecule has 1 aromatic rings. The van der Waals surface area contributed by atoms with E-state index >= 15 is 0 Å². The van der Waals surface area contributed by atoms with Crippen LogP contribution in [0, 0.1) is 10.1 Å². The number of carbonyl (C=O) groups excluding carboxylic acids is 2. The second-order valence-corrected chi connectivity index (χ2v) is 8.51. The summed E-state index contributed by atoms with van der Waals surface area (Å²) in [7, 11) is 1.24. The number of dihydropyridines is 1. The van der Waals surface area contributed by atoms with Crippen molar-refractivity contribution in [2.45, 2.75) is 19.8 Å². The second-order valence-electron chi connectivity index (χ2n) is 7.40. The van der Waals surface area contributed by atoms with E-state index in [1.165, 1.54) is 37.1 Å². The molecule has 1 unspecified atom stereocenters. The molecule has 1 aliphatic heterocycles. The topological polar surface area (TPSA) is 208 Å². The number of carbonyl (C=O) groups is 4. The highest BCUT2D eigenvalue weighted by atomic mass is 32.2. The number of esters is 2. The number of nitrogens with two attached hydrogens (primary N) is 1. The molecule has 1 heterocycles. The Morgan fingerprint density at radius 1 is 1.16 bits per heavy atom. The lowest BCUT2D eigenvalue weighted by atomic mass is 9.80. The Hall–Kier alpha value is -4.17. The van der Waals surface area contributed by atoms with Gasteiger partial charge < -0.3 is 30.7 Å². The van der Waals surface area contributed by atoms with E-state index in [4.69, 9.17) is 25.4 Å². The maximum atomic E-state index is 12.9. The highest BCUT2D eigenvalue weighted by Gasteiger charge is 2.39. The Bertz CT molecular complexity index is 1140. The van der Waals surface area contributed by atoms with Gasteiger partial charge in [-0.25, -0.2) is 19.2 Å². The molecule has 0 fully saturated rings. The van der Waals surface area contributed by atoms with Gasteiger partial charge in [0.15, 0.2) is 0 Å². The van der Waals surface area contributed by atoms with E-state index in [1.807, 2.05) is 0 Å². The Morgan fingerprint density at radius 3 is 2.29 bits per heavy atom. The van der Waals surface area contributed by atoms with Crippen LogP contribution < -0.4 is 11.1 Å². The van der Waals surface area contributed by atoms with E-state index in [1.54, 1.807) is 19.9 Å². The molecule has 5 N–H and O–H groups in total. The molecule has 0 aliphatic carbocycles. The number of non-ortho nitro benzene ring substituents is 1. The number of methoxy groups -OCH3 is 1. The monoisotopic (exact) mass is 551 g/mol. The van der Waals surface area contributed by atoms with Gasteiger partial charge >= 0.3 is 23.9 Å². The average Bonchev–Trinajstić information content (AvgIpc) is 2.87. The molecule has 13 nitrogen and oxygen atoms in total. The molecule has 1 aliphatic rings. The fourth-order valence-electron chi connectivity index (χ4n) is 3.39. The van der Waals surface area contributed by atoms with E-state index < -0.39 is 34.7 Å². The average molecular weight is 552 g/mol. The number of carboxylic acids is 2. The van der Waals surface area contributed by atoms with Crippen LogP contribution in [0.25, 0.3) is 0 Å². The zero-order valence-electron chi connectivity index (χ0n) is 21.0. The SMILES string of the molecule is CCOC(=O)C1=C(CSCCN)NC(C)=C(C(=O)OC)C1c1cccc([N+](=O)[O-])c1.O=C(O)C=CC(=O)O. The van der Waals surface area contributed by atoms with Gasteiger partial charge in [0.05, 0.1) is 35.7 Å². The summed E-state index contributed by atoms with van der Waals surface area (Å²) in [6.45, 7) is 4.00. The fraction of sp³-hybridized carbons (Fsp3) is 0.333. The molecule has 38 heavy (non-hydrogen) atoms. The van der Waals surface area contributed by atoms with Gasteiger partial charge in [-0.2, -0.15) is 11.8 Å². The number of allylic oxidation sites excluding steroid dienone is 1. The van der Waals surface area contributed by atoms with Crippen LogP contribution in [-0.4, -0.2) is 70.8 Å². The number of thioether (sulfide) groups is 1. The van der Waals surface area contributed by atoms with Gasteiger partial charge in [-0.15, -0.1) is 0 Å². The quantitative estimate of drug-likeness (QED) is 0.102.